The molecule has 0 spiro atoms. The number of sulfonamides is 1. The molecule has 1 N–H and O–H groups in total. The predicted octanol–water partition coefficient (Wildman–Crippen LogP) is 2.95. The highest BCUT2D eigenvalue weighted by Gasteiger charge is 2.33. The molecule has 1 aromatic heterocycles. The van der Waals surface area contributed by atoms with E-state index in [1.807, 2.05) is 18.4 Å². The molecule has 0 saturated heterocycles. The lowest BCUT2D eigenvalue weighted by Crippen LogP contribution is -2.38. The molecule has 2 aliphatic rings. The maximum atomic E-state index is 12.8. The minimum absolute atomic E-state index is 0.204. The summed E-state index contributed by atoms with van der Waals surface area (Å²) in [6, 6.07) is 2.71. The molecule has 3 rings (SSSR count). The smallest absolute Gasteiger partial charge is 0.252 e. The van der Waals surface area contributed by atoms with Crippen LogP contribution >= 0.6 is 11.3 Å². The van der Waals surface area contributed by atoms with Crippen molar-refractivity contribution < 1.29 is 8.42 Å². The van der Waals surface area contributed by atoms with Gasteiger partial charge in [0.2, 0.25) is 0 Å². The van der Waals surface area contributed by atoms with Gasteiger partial charge in [-0.25, -0.2) is 8.42 Å². The number of hydrogen-bond acceptors (Lipinski definition) is 4. The number of hydrogen-bond donors (Lipinski definition) is 1. The van der Waals surface area contributed by atoms with Crippen LogP contribution in [0, 0.1) is 0 Å². The lowest BCUT2D eigenvalue weighted by molar-refractivity contribution is 0.336. The van der Waals surface area contributed by atoms with Gasteiger partial charge in [-0.15, -0.1) is 11.3 Å². The zero-order valence-electron chi connectivity index (χ0n) is 12.5. The molecule has 21 heavy (non-hydrogen) atoms. The third-order valence-corrected chi connectivity index (χ3v) is 7.90. The third kappa shape index (κ3) is 3.50. The van der Waals surface area contributed by atoms with E-state index in [4.69, 9.17) is 0 Å². The van der Waals surface area contributed by atoms with E-state index in [-0.39, 0.29) is 6.04 Å². The van der Waals surface area contributed by atoms with Crippen LogP contribution in [-0.2, 0) is 16.6 Å². The van der Waals surface area contributed by atoms with E-state index in [0.717, 1.165) is 37.8 Å². The van der Waals surface area contributed by atoms with Crippen LogP contribution in [0.25, 0.3) is 0 Å². The quantitative estimate of drug-likeness (QED) is 0.837. The summed E-state index contributed by atoms with van der Waals surface area (Å²) in [4.78, 5) is 0. The van der Waals surface area contributed by atoms with Crippen LogP contribution in [0.3, 0.4) is 0 Å². The zero-order valence-corrected chi connectivity index (χ0v) is 14.2. The van der Waals surface area contributed by atoms with E-state index in [1.54, 1.807) is 4.31 Å². The fourth-order valence-corrected chi connectivity index (χ4v) is 6.09. The van der Waals surface area contributed by atoms with Gasteiger partial charge in [0.05, 0.1) is 0 Å². The first-order chi connectivity index (χ1) is 10.1. The minimum atomic E-state index is -3.31. The highest BCUT2D eigenvalue weighted by atomic mass is 32.2. The Balaban J connectivity index is 1.72. The van der Waals surface area contributed by atoms with Gasteiger partial charge in [-0.05, 0) is 42.7 Å². The first-order valence-corrected chi connectivity index (χ1v) is 10.3. The molecule has 2 fully saturated rings. The maximum absolute atomic E-state index is 12.8. The lowest BCUT2D eigenvalue weighted by Gasteiger charge is -2.25. The summed E-state index contributed by atoms with van der Waals surface area (Å²) in [5.41, 5.74) is 1.09. The fourth-order valence-electron chi connectivity index (χ4n) is 3.06. The largest absolute Gasteiger partial charge is 0.310 e. The molecule has 0 aromatic carbocycles. The Kier molecular flexibility index (Phi) is 4.69. The fraction of sp³-hybridized carbons (Fsp3) is 0.733. The monoisotopic (exact) mass is 328 g/mol. The lowest BCUT2D eigenvalue weighted by atomic mass is 10.2. The predicted molar refractivity (Wildman–Crippen MR) is 86.0 cm³/mol. The summed E-state index contributed by atoms with van der Waals surface area (Å²) < 4.78 is 27.9. The van der Waals surface area contributed by atoms with E-state index in [9.17, 15) is 8.42 Å². The molecular weight excluding hydrogens is 304 g/mol. The van der Waals surface area contributed by atoms with Crippen molar-refractivity contribution in [2.45, 2.75) is 68.3 Å². The Bertz CT molecular complexity index is 572. The van der Waals surface area contributed by atoms with Crippen LogP contribution in [0.15, 0.2) is 15.7 Å². The molecule has 2 aliphatic carbocycles. The molecule has 0 unspecified atom stereocenters. The molecule has 118 valence electrons. The van der Waals surface area contributed by atoms with Crippen molar-refractivity contribution >= 4 is 21.4 Å². The average molecular weight is 329 g/mol. The number of thiophene rings is 1. The van der Waals surface area contributed by atoms with Crippen LogP contribution < -0.4 is 5.32 Å². The summed E-state index contributed by atoms with van der Waals surface area (Å²) in [5.74, 6) is 0. The van der Waals surface area contributed by atoms with Crippen LogP contribution in [0.5, 0.6) is 0 Å². The van der Waals surface area contributed by atoms with Crippen molar-refractivity contribution in [3.05, 3.63) is 17.0 Å². The number of nitrogens with one attached hydrogen (secondary N) is 1. The van der Waals surface area contributed by atoms with Crippen molar-refractivity contribution in [3.63, 3.8) is 0 Å². The Hall–Kier alpha value is -0.430. The van der Waals surface area contributed by atoms with Crippen molar-refractivity contribution in [2.24, 2.45) is 0 Å². The number of nitrogens with zero attached hydrogens (tertiary/aromatic N) is 1. The summed E-state index contributed by atoms with van der Waals surface area (Å²) in [6.07, 6.45) is 6.82. The Morgan fingerprint density at radius 1 is 1.29 bits per heavy atom. The highest BCUT2D eigenvalue weighted by molar-refractivity contribution is 7.91. The summed E-state index contributed by atoms with van der Waals surface area (Å²) >= 11 is 1.36. The molecule has 6 heteroatoms. The first-order valence-electron chi connectivity index (χ1n) is 7.94. The average Bonchev–Trinajstić information content (AvgIpc) is 2.93. The van der Waals surface area contributed by atoms with Crippen LogP contribution in [0.2, 0.25) is 0 Å². The van der Waals surface area contributed by atoms with Crippen molar-refractivity contribution in [1.82, 2.24) is 9.62 Å². The summed E-state index contributed by atoms with van der Waals surface area (Å²) in [6.45, 7) is 3.30. The molecule has 2 saturated carbocycles. The van der Waals surface area contributed by atoms with Gasteiger partial charge in [-0.3, -0.25) is 0 Å². The number of rotatable bonds is 7. The maximum Gasteiger partial charge on any atom is 0.252 e. The topological polar surface area (TPSA) is 49.4 Å². The van der Waals surface area contributed by atoms with Gasteiger partial charge in [0.25, 0.3) is 10.0 Å². The first kappa shape index (κ1) is 15.5. The van der Waals surface area contributed by atoms with E-state index >= 15 is 0 Å². The van der Waals surface area contributed by atoms with Gasteiger partial charge >= 0.3 is 0 Å². The Morgan fingerprint density at radius 3 is 2.62 bits per heavy atom. The SMILES string of the molecule is CCN(C1CCCC1)S(=O)(=O)c1cc(CNC2CC2)cs1. The molecular formula is C15H24N2O2S2. The second kappa shape index (κ2) is 6.36. The van der Waals surface area contributed by atoms with E-state index in [2.05, 4.69) is 5.32 Å². The molecule has 0 radical (unpaired) electrons. The van der Waals surface area contributed by atoms with Gasteiger partial charge in [-0.1, -0.05) is 19.8 Å². The minimum Gasteiger partial charge on any atom is -0.310 e. The zero-order chi connectivity index (χ0) is 14.9. The second-order valence-electron chi connectivity index (χ2n) is 6.08. The standard InChI is InChI=1S/C15H24N2O2S2/c1-2-17(14-5-3-4-6-14)21(18,19)15-9-12(11-20-15)10-16-13-7-8-13/h9,11,13-14,16H,2-8,10H2,1H3. The van der Waals surface area contributed by atoms with Gasteiger partial charge in [0.15, 0.2) is 0 Å². The van der Waals surface area contributed by atoms with E-state index < -0.39 is 10.0 Å². The van der Waals surface area contributed by atoms with Crippen LogP contribution in [0.1, 0.15) is 51.0 Å². The normalized spacial score (nSPS) is 20.5. The van der Waals surface area contributed by atoms with Crippen LogP contribution in [0.4, 0.5) is 0 Å². The molecule has 0 aliphatic heterocycles. The molecule has 0 amide bonds. The summed E-state index contributed by atoms with van der Waals surface area (Å²) in [7, 11) is -3.31. The molecule has 1 heterocycles. The van der Waals surface area contributed by atoms with Crippen molar-refractivity contribution in [2.75, 3.05) is 6.54 Å². The third-order valence-electron chi connectivity index (χ3n) is 4.41. The van der Waals surface area contributed by atoms with Gasteiger partial charge in [0.1, 0.15) is 4.21 Å². The van der Waals surface area contributed by atoms with Gasteiger partial charge < -0.3 is 5.32 Å². The highest BCUT2D eigenvalue weighted by Crippen LogP contribution is 2.31. The Labute approximate surface area is 131 Å². The van der Waals surface area contributed by atoms with Crippen molar-refractivity contribution in [1.29, 1.82) is 0 Å². The van der Waals surface area contributed by atoms with Crippen molar-refractivity contribution in [3.8, 4) is 0 Å². The summed E-state index contributed by atoms with van der Waals surface area (Å²) in [5, 5.41) is 5.41. The van der Waals surface area contributed by atoms with E-state index in [1.165, 1.54) is 24.2 Å². The second-order valence-corrected chi connectivity index (χ2v) is 9.10. The Morgan fingerprint density at radius 2 is 2.00 bits per heavy atom. The molecule has 0 bridgehead atoms. The molecule has 4 nitrogen and oxygen atoms in total. The van der Waals surface area contributed by atoms with Crippen LogP contribution in [-0.4, -0.2) is 31.4 Å². The van der Waals surface area contributed by atoms with E-state index in [0.29, 0.717) is 16.8 Å². The van der Waals surface area contributed by atoms with Gasteiger partial charge in [0, 0.05) is 25.2 Å². The molecule has 1 aromatic rings. The van der Waals surface area contributed by atoms with Gasteiger partial charge in [-0.2, -0.15) is 4.31 Å². The molecule has 0 atom stereocenters.